The van der Waals surface area contributed by atoms with Gasteiger partial charge in [-0.05, 0) is 39.7 Å². The highest BCUT2D eigenvalue weighted by molar-refractivity contribution is 5.95. The van der Waals surface area contributed by atoms with Crippen LogP contribution in [0.25, 0.3) is 5.82 Å². The summed E-state index contributed by atoms with van der Waals surface area (Å²) < 4.78 is 7.07. The molecule has 1 saturated carbocycles. The second kappa shape index (κ2) is 6.09. The molecule has 0 bridgehead atoms. The lowest BCUT2D eigenvalue weighted by Crippen LogP contribution is -2.42. The van der Waals surface area contributed by atoms with Crippen molar-refractivity contribution in [3.8, 4) is 5.82 Å². The Morgan fingerprint density at radius 3 is 2.58 bits per heavy atom. The van der Waals surface area contributed by atoms with Crippen LogP contribution < -0.4 is 0 Å². The molecule has 1 fully saturated rings. The summed E-state index contributed by atoms with van der Waals surface area (Å²) in [4.78, 5) is 14.5. The molecule has 6 heteroatoms. The van der Waals surface area contributed by atoms with Gasteiger partial charge in [0.25, 0.3) is 5.91 Å². The Morgan fingerprint density at radius 1 is 1.33 bits per heavy atom. The summed E-state index contributed by atoms with van der Waals surface area (Å²) in [6, 6.07) is 3.72. The largest absolute Gasteiger partial charge is 0.388 e. The van der Waals surface area contributed by atoms with Crippen LogP contribution >= 0.6 is 0 Å². The molecule has 3 rings (SSSR count). The Kier molecular flexibility index (Phi) is 4.25. The number of carbonyl (C=O) groups is 1. The normalized spacial score (nSPS) is 16.5. The van der Waals surface area contributed by atoms with Gasteiger partial charge in [-0.2, -0.15) is 0 Å². The predicted molar refractivity (Wildman–Crippen MR) is 90.4 cm³/mol. The summed E-state index contributed by atoms with van der Waals surface area (Å²) >= 11 is 0. The Balaban J connectivity index is 1.85. The molecule has 2 aromatic heterocycles. The van der Waals surface area contributed by atoms with Gasteiger partial charge in [0.15, 0.2) is 5.82 Å². The molecule has 0 aliphatic heterocycles. The lowest BCUT2D eigenvalue weighted by Gasteiger charge is -2.28. The average molecular weight is 331 g/mol. The molecule has 6 nitrogen and oxygen atoms in total. The Morgan fingerprint density at radius 2 is 2.00 bits per heavy atom. The number of aryl methyl sites for hydroxylation is 2. The van der Waals surface area contributed by atoms with E-state index in [9.17, 15) is 9.90 Å². The maximum atomic E-state index is 12.9. The van der Waals surface area contributed by atoms with Gasteiger partial charge in [0.1, 0.15) is 5.76 Å². The first kappa shape index (κ1) is 16.8. The molecular weight excluding hydrogens is 306 g/mol. The summed E-state index contributed by atoms with van der Waals surface area (Å²) in [6.45, 7) is 6.06. The topological polar surface area (TPSA) is 71.5 Å². The van der Waals surface area contributed by atoms with E-state index in [0.29, 0.717) is 17.9 Å². The van der Waals surface area contributed by atoms with Crippen LogP contribution in [0.5, 0.6) is 0 Å². The number of likely N-dealkylation sites (N-methyl/N-ethyl adjacent to an activating group) is 1. The van der Waals surface area contributed by atoms with Gasteiger partial charge < -0.3 is 14.5 Å². The number of nitrogens with zero attached hydrogens (tertiary/aromatic N) is 3. The third-order valence-corrected chi connectivity index (χ3v) is 4.92. The zero-order chi connectivity index (χ0) is 17.5. The van der Waals surface area contributed by atoms with Gasteiger partial charge in [0, 0.05) is 31.0 Å². The van der Waals surface area contributed by atoms with Crippen LogP contribution in [0.2, 0.25) is 0 Å². The van der Waals surface area contributed by atoms with Gasteiger partial charge in [-0.3, -0.25) is 9.36 Å². The van der Waals surface area contributed by atoms with Crippen LogP contribution in [0.1, 0.15) is 53.2 Å². The van der Waals surface area contributed by atoms with Crippen LogP contribution in [0.15, 0.2) is 16.7 Å². The third kappa shape index (κ3) is 2.98. The number of rotatable bonds is 4. The van der Waals surface area contributed by atoms with E-state index in [1.54, 1.807) is 11.9 Å². The molecule has 0 atom stereocenters. The predicted octanol–water partition coefficient (Wildman–Crippen LogP) is 2.77. The molecule has 1 amide bonds. The summed E-state index contributed by atoms with van der Waals surface area (Å²) in [5.74, 6) is 1.33. The highest BCUT2D eigenvalue weighted by Gasteiger charge is 2.34. The summed E-state index contributed by atoms with van der Waals surface area (Å²) in [6.07, 6.45) is 3.58. The second-order valence-electron chi connectivity index (χ2n) is 7.01. The first-order chi connectivity index (χ1) is 11.3. The molecule has 0 unspecified atom stereocenters. The zero-order valence-electron chi connectivity index (χ0n) is 14.8. The molecule has 2 aromatic rings. The van der Waals surface area contributed by atoms with Crippen molar-refractivity contribution in [3.63, 3.8) is 0 Å². The molecule has 1 aliphatic carbocycles. The first-order valence-electron chi connectivity index (χ1n) is 8.41. The highest BCUT2D eigenvalue weighted by Crippen LogP contribution is 2.30. The number of hydrogen-bond acceptors (Lipinski definition) is 4. The molecule has 0 aromatic carbocycles. The second-order valence-corrected chi connectivity index (χ2v) is 7.01. The fourth-order valence-electron chi connectivity index (χ4n) is 3.70. The van der Waals surface area contributed by atoms with E-state index in [-0.39, 0.29) is 5.91 Å². The van der Waals surface area contributed by atoms with Crippen molar-refractivity contribution in [2.24, 2.45) is 0 Å². The summed E-state index contributed by atoms with van der Waals surface area (Å²) in [5, 5.41) is 14.6. The summed E-state index contributed by atoms with van der Waals surface area (Å²) in [5.41, 5.74) is 1.66. The van der Waals surface area contributed by atoms with Crippen LogP contribution in [0.4, 0.5) is 0 Å². The summed E-state index contributed by atoms with van der Waals surface area (Å²) in [7, 11) is 1.75. The molecule has 130 valence electrons. The molecule has 24 heavy (non-hydrogen) atoms. The number of aliphatic hydroxyl groups is 1. The highest BCUT2D eigenvalue weighted by atomic mass is 16.5. The fourth-order valence-corrected chi connectivity index (χ4v) is 3.70. The van der Waals surface area contributed by atoms with Crippen molar-refractivity contribution >= 4 is 5.91 Å². The van der Waals surface area contributed by atoms with Gasteiger partial charge >= 0.3 is 0 Å². The minimum atomic E-state index is -0.737. The standard InChI is InChI=1S/C18H25N3O3/c1-12-9-15(14(3)21(12)16-10-13(2)24-19-16)17(22)20(4)11-18(23)7-5-6-8-18/h9-10,23H,5-8,11H2,1-4H3. The van der Waals surface area contributed by atoms with Crippen molar-refractivity contribution in [2.75, 3.05) is 13.6 Å². The molecule has 0 radical (unpaired) electrons. The van der Waals surface area contributed by atoms with Crippen molar-refractivity contribution < 1.29 is 14.4 Å². The number of aromatic nitrogens is 2. The van der Waals surface area contributed by atoms with Gasteiger partial charge in [0.2, 0.25) is 0 Å². The number of amides is 1. The van der Waals surface area contributed by atoms with Crippen molar-refractivity contribution in [2.45, 2.75) is 52.1 Å². The minimum Gasteiger partial charge on any atom is -0.388 e. The smallest absolute Gasteiger partial charge is 0.255 e. The lowest BCUT2D eigenvalue weighted by atomic mass is 10.0. The molecule has 1 N–H and O–H groups in total. The van der Waals surface area contributed by atoms with Crippen LogP contribution in [-0.4, -0.2) is 44.8 Å². The number of hydrogen-bond donors (Lipinski definition) is 1. The Hall–Kier alpha value is -2.08. The first-order valence-corrected chi connectivity index (χ1v) is 8.41. The van der Waals surface area contributed by atoms with Crippen LogP contribution in [0, 0.1) is 20.8 Å². The van der Waals surface area contributed by atoms with Crippen molar-refractivity contribution in [1.82, 2.24) is 14.6 Å². The van der Waals surface area contributed by atoms with E-state index in [0.717, 1.165) is 42.8 Å². The fraction of sp³-hybridized carbons (Fsp3) is 0.556. The quantitative estimate of drug-likeness (QED) is 0.935. The zero-order valence-corrected chi connectivity index (χ0v) is 14.8. The van der Waals surface area contributed by atoms with Gasteiger partial charge in [0.05, 0.1) is 11.2 Å². The molecule has 2 heterocycles. The Labute approximate surface area is 142 Å². The molecule has 0 saturated heterocycles. The van der Waals surface area contributed by atoms with Crippen LogP contribution in [-0.2, 0) is 0 Å². The SMILES string of the molecule is Cc1cc(-n2c(C)cc(C(=O)N(C)CC3(O)CCCC3)c2C)no1. The lowest BCUT2D eigenvalue weighted by molar-refractivity contribution is 0.0156. The molecular formula is C18H25N3O3. The van der Waals surface area contributed by atoms with E-state index in [4.69, 9.17) is 4.52 Å². The maximum absolute atomic E-state index is 12.9. The van der Waals surface area contributed by atoms with Crippen molar-refractivity contribution in [3.05, 3.63) is 34.8 Å². The van der Waals surface area contributed by atoms with E-state index in [1.807, 2.05) is 37.5 Å². The minimum absolute atomic E-state index is 0.0742. The van der Waals surface area contributed by atoms with E-state index in [1.165, 1.54) is 0 Å². The Bertz CT molecular complexity index is 754. The van der Waals surface area contributed by atoms with E-state index < -0.39 is 5.60 Å². The third-order valence-electron chi connectivity index (χ3n) is 4.92. The number of carbonyl (C=O) groups excluding carboxylic acids is 1. The van der Waals surface area contributed by atoms with Gasteiger partial charge in [-0.1, -0.05) is 18.0 Å². The molecule has 1 aliphatic rings. The van der Waals surface area contributed by atoms with E-state index >= 15 is 0 Å². The van der Waals surface area contributed by atoms with Crippen LogP contribution in [0.3, 0.4) is 0 Å². The van der Waals surface area contributed by atoms with Gasteiger partial charge in [-0.25, -0.2) is 0 Å². The average Bonchev–Trinajstić information content (AvgIpc) is 3.19. The van der Waals surface area contributed by atoms with Gasteiger partial charge in [-0.15, -0.1) is 0 Å². The monoisotopic (exact) mass is 331 g/mol. The van der Waals surface area contributed by atoms with Crippen molar-refractivity contribution in [1.29, 1.82) is 0 Å². The van der Waals surface area contributed by atoms with E-state index in [2.05, 4.69) is 5.16 Å². The maximum Gasteiger partial charge on any atom is 0.255 e. The molecule has 0 spiro atoms.